The average molecular weight is 434 g/mol. The van der Waals surface area contributed by atoms with E-state index in [2.05, 4.69) is 9.47 Å². The highest BCUT2D eigenvalue weighted by molar-refractivity contribution is 5.99. The molecule has 3 aromatic carbocycles. The first kappa shape index (κ1) is 22.2. The van der Waals surface area contributed by atoms with Crippen molar-refractivity contribution in [1.82, 2.24) is 0 Å². The molecular formula is C24H18O8. The van der Waals surface area contributed by atoms with Gasteiger partial charge >= 0.3 is 23.9 Å². The Kier molecular flexibility index (Phi) is 6.97. The molecule has 0 saturated carbocycles. The van der Waals surface area contributed by atoms with Gasteiger partial charge in [0.2, 0.25) is 0 Å². The standard InChI is InChI=1S/C24H18O8/c1-29-23(27)17-10-3-5-12-19(17)31-21(25)15-8-7-9-16(14-15)22(26)32-20-13-6-4-11-18(20)24(28)30-2/h3-14H,1-2H3. The molecule has 0 aliphatic heterocycles. The summed E-state index contributed by atoms with van der Waals surface area (Å²) in [4.78, 5) is 48.9. The van der Waals surface area contributed by atoms with Crippen molar-refractivity contribution in [1.29, 1.82) is 0 Å². The van der Waals surface area contributed by atoms with Crippen LogP contribution in [0.25, 0.3) is 0 Å². The van der Waals surface area contributed by atoms with Crippen LogP contribution in [0.1, 0.15) is 41.4 Å². The Morgan fingerprint density at radius 3 is 1.34 bits per heavy atom. The van der Waals surface area contributed by atoms with Crippen molar-refractivity contribution in [2.24, 2.45) is 0 Å². The van der Waals surface area contributed by atoms with Gasteiger partial charge < -0.3 is 18.9 Å². The molecule has 0 unspecified atom stereocenters. The molecule has 0 spiro atoms. The number of hydrogen-bond acceptors (Lipinski definition) is 8. The lowest BCUT2D eigenvalue weighted by atomic mass is 10.1. The molecule has 0 heterocycles. The van der Waals surface area contributed by atoms with Crippen LogP contribution in [0, 0.1) is 0 Å². The van der Waals surface area contributed by atoms with E-state index in [9.17, 15) is 19.2 Å². The quantitative estimate of drug-likeness (QED) is 0.427. The summed E-state index contributed by atoms with van der Waals surface area (Å²) in [7, 11) is 2.43. The Bertz CT molecular complexity index is 1090. The van der Waals surface area contributed by atoms with Crippen LogP contribution in [0.2, 0.25) is 0 Å². The molecule has 0 atom stereocenters. The Balaban J connectivity index is 1.81. The minimum Gasteiger partial charge on any atom is -0.465 e. The Hall–Kier alpha value is -4.46. The number of carbonyl (C=O) groups is 4. The number of esters is 4. The molecule has 0 aromatic heterocycles. The number of ether oxygens (including phenoxy) is 4. The second-order valence-corrected chi connectivity index (χ2v) is 6.34. The third-order valence-electron chi connectivity index (χ3n) is 4.32. The van der Waals surface area contributed by atoms with Crippen molar-refractivity contribution in [3.8, 4) is 11.5 Å². The largest absolute Gasteiger partial charge is 0.465 e. The van der Waals surface area contributed by atoms with Gasteiger partial charge in [-0.3, -0.25) is 0 Å². The number of methoxy groups -OCH3 is 2. The van der Waals surface area contributed by atoms with Crippen molar-refractivity contribution in [3.63, 3.8) is 0 Å². The summed E-state index contributed by atoms with van der Waals surface area (Å²) in [6.07, 6.45) is 0. The molecule has 0 aliphatic carbocycles. The summed E-state index contributed by atoms with van der Waals surface area (Å²) in [6.45, 7) is 0. The molecule has 0 fully saturated rings. The highest BCUT2D eigenvalue weighted by Crippen LogP contribution is 2.22. The second kappa shape index (κ2) is 10.0. The van der Waals surface area contributed by atoms with Gasteiger partial charge in [-0.15, -0.1) is 0 Å². The van der Waals surface area contributed by atoms with Crippen molar-refractivity contribution in [3.05, 3.63) is 95.1 Å². The van der Waals surface area contributed by atoms with E-state index >= 15 is 0 Å². The predicted octanol–water partition coefficient (Wildman–Crippen LogP) is 3.70. The molecule has 0 saturated heterocycles. The number of benzene rings is 3. The van der Waals surface area contributed by atoms with Gasteiger partial charge in [0.15, 0.2) is 0 Å². The lowest BCUT2D eigenvalue weighted by molar-refractivity contribution is 0.0580. The summed E-state index contributed by atoms with van der Waals surface area (Å²) in [5, 5.41) is 0. The maximum Gasteiger partial charge on any atom is 0.343 e. The zero-order valence-electron chi connectivity index (χ0n) is 17.2. The molecular weight excluding hydrogens is 416 g/mol. The second-order valence-electron chi connectivity index (χ2n) is 6.34. The van der Waals surface area contributed by atoms with Crippen LogP contribution in [0.15, 0.2) is 72.8 Å². The molecule has 3 rings (SSSR count). The fourth-order valence-electron chi connectivity index (χ4n) is 2.76. The van der Waals surface area contributed by atoms with E-state index in [-0.39, 0.29) is 33.8 Å². The molecule has 0 aliphatic rings. The first-order valence-corrected chi connectivity index (χ1v) is 9.33. The Morgan fingerprint density at radius 2 is 0.938 bits per heavy atom. The maximum atomic E-state index is 12.6. The molecule has 32 heavy (non-hydrogen) atoms. The molecule has 3 aromatic rings. The lowest BCUT2D eigenvalue weighted by Gasteiger charge is -2.10. The summed E-state index contributed by atoms with van der Waals surface area (Å²) < 4.78 is 20.0. The smallest absolute Gasteiger partial charge is 0.343 e. The Morgan fingerprint density at radius 1 is 0.531 bits per heavy atom. The topological polar surface area (TPSA) is 105 Å². The van der Waals surface area contributed by atoms with Gasteiger partial charge in [-0.05, 0) is 42.5 Å². The van der Waals surface area contributed by atoms with Crippen LogP contribution in [-0.4, -0.2) is 38.1 Å². The minimum atomic E-state index is -0.786. The van der Waals surface area contributed by atoms with Gasteiger partial charge in [0.05, 0.1) is 25.3 Å². The zero-order valence-corrected chi connectivity index (χ0v) is 17.2. The van der Waals surface area contributed by atoms with Crippen LogP contribution in [0.4, 0.5) is 0 Å². The predicted molar refractivity (Wildman–Crippen MR) is 112 cm³/mol. The lowest BCUT2D eigenvalue weighted by Crippen LogP contribution is -2.15. The number of carbonyl (C=O) groups excluding carboxylic acids is 4. The van der Waals surface area contributed by atoms with Crippen molar-refractivity contribution >= 4 is 23.9 Å². The number of para-hydroxylation sites is 2. The van der Waals surface area contributed by atoms with E-state index in [1.807, 2.05) is 0 Å². The Labute approximate surface area is 183 Å². The van der Waals surface area contributed by atoms with Gasteiger partial charge in [-0.1, -0.05) is 30.3 Å². The van der Waals surface area contributed by atoms with Crippen LogP contribution >= 0.6 is 0 Å². The highest BCUT2D eigenvalue weighted by Gasteiger charge is 2.20. The third kappa shape index (κ3) is 4.99. The van der Waals surface area contributed by atoms with Crippen LogP contribution in [0.3, 0.4) is 0 Å². The summed E-state index contributed by atoms with van der Waals surface area (Å²) >= 11 is 0. The third-order valence-corrected chi connectivity index (χ3v) is 4.32. The highest BCUT2D eigenvalue weighted by atomic mass is 16.6. The summed E-state index contributed by atoms with van der Waals surface area (Å²) in [6, 6.07) is 17.9. The van der Waals surface area contributed by atoms with E-state index in [1.54, 1.807) is 24.3 Å². The average Bonchev–Trinajstić information content (AvgIpc) is 2.83. The van der Waals surface area contributed by atoms with Gasteiger partial charge in [0.25, 0.3) is 0 Å². The van der Waals surface area contributed by atoms with Gasteiger partial charge in [-0.2, -0.15) is 0 Å². The molecule has 0 radical (unpaired) electrons. The van der Waals surface area contributed by atoms with E-state index in [4.69, 9.17) is 9.47 Å². The van der Waals surface area contributed by atoms with Crippen molar-refractivity contribution in [2.75, 3.05) is 14.2 Å². The zero-order chi connectivity index (χ0) is 23.1. The molecule has 0 N–H and O–H groups in total. The summed E-state index contributed by atoms with van der Waals surface area (Å²) in [5.74, 6) is -2.85. The normalized spacial score (nSPS) is 10.1. The molecule has 0 bridgehead atoms. The molecule has 8 nitrogen and oxygen atoms in total. The fraction of sp³-hybridized carbons (Fsp3) is 0.0833. The van der Waals surface area contributed by atoms with Crippen LogP contribution in [-0.2, 0) is 9.47 Å². The van der Waals surface area contributed by atoms with Crippen LogP contribution in [0.5, 0.6) is 11.5 Å². The first-order chi connectivity index (χ1) is 15.4. The monoisotopic (exact) mass is 434 g/mol. The van der Waals surface area contributed by atoms with Gasteiger partial charge in [0.1, 0.15) is 22.6 Å². The number of rotatable bonds is 6. The SMILES string of the molecule is COC(=O)c1ccccc1OC(=O)c1cccc(C(=O)Oc2ccccc2C(=O)OC)c1. The van der Waals surface area contributed by atoms with E-state index in [0.29, 0.717) is 0 Å². The van der Waals surface area contributed by atoms with Gasteiger partial charge in [0, 0.05) is 0 Å². The van der Waals surface area contributed by atoms with Crippen LogP contribution < -0.4 is 9.47 Å². The van der Waals surface area contributed by atoms with E-state index in [1.165, 1.54) is 62.8 Å². The summed E-state index contributed by atoms with van der Waals surface area (Å²) in [5.41, 5.74) is 0.275. The molecule has 8 heteroatoms. The van der Waals surface area contributed by atoms with Gasteiger partial charge in [-0.25, -0.2) is 19.2 Å². The first-order valence-electron chi connectivity index (χ1n) is 9.33. The van der Waals surface area contributed by atoms with Crippen molar-refractivity contribution in [2.45, 2.75) is 0 Å². The van der Waals surface area contributed by atoms with E-state index in [0.717, 1.165) is 0 Å². The minimum absolute atomic E-state index is 0.0179. The fourth-order valence-corrected chi connectivity index (χ4v) is 2.76. The van der Waals surface area contributed by atoms with E-state index < -0.39 is 23.9 Å². The molecule has 0 amide bonds. The number of hydrogen-bond donors (Lipinski definition) is 0. The molecule has 162 valence electrons. The maximum absolute atomic E-state index is 12.6. The van der Waals surface area contributed by atoms with Crippen molar-refractivity contribution < 1.29 is 38.1 Å².